The second-order valence-corrected chi connectivity index (χ2v) is 6.68. The Morgan fingerprint density at radius 2 is 2.19 bits per heavy atom. The second-order valence-electron chi connectivity index (χ2n) is 3.76. The molecule has 0 saturated carbocycles. The lowest BCUT2D eigenvalue weighted by Crippen LogP contribution is -2.30. The Bertz CT molecular complexity index is 690. The normalized spacial score (nSPS) is 19.1. The van der Waals surface area contributed by atoms with Crippen molar-refractivity contribution in [1.82, 2.24) is 4.31 Å². The fraction of sp³-hybridized carbons (Fsp3) is 0.200. The third-order valence-electron chi connectivity index (χ3n) is 2.83. The first-order valence-electron chi connectivity index (χ1n) is 4.67. The van der Waals surface area contributed by atoms with Crippen LogP contribution in [0.3, 0.4) is 0 Å². The van der Waals surface area contributed by atoms with Gasteiger partial charge in [-0.05, 0) is 12.1 Å². The van der Waals surface area contributed by atoms with Gasteiger partial charge in [-0.1, -0.05) is 0 Å². The topological polar surface area (TPSA) is 37.4 Å². The molecular weight excluding hydrogens is 249 g/mol. The molecular formula is C10H8FNO2S2. The Kier molecular flexibility index (Phi) is 1.93. The largest absolute Gasteiger partial charge is 0.244 e. The molecule has 0 saturated heterocycles. The summed E-state index contributed by atoms with van der Waals surface area (Å²) in [6, 6.07) is 3.02. The molecule has 0 fully saturated rings. The number of rotatable bonds is 0. The first kappa shape index (κ1) is 10.2. The molecule has 0 radical (unpaired) electrons. The monoisotopic (exact) mass is 257 g/mol. The average Bonchev–Trinajstić information content (AvgIpc) is 2.65. The number of benzene rings is 1. The first-order valence-corrected chi connectivity index (χ1v) is 6.98. The molecule has 0 aliphatic carbocycles. The average molecular weight is 257 g/mol. The summed E-state index contributed by atoms with van der Waals surface area (Å²) in [6.45, 7) is 0.106. The van der Waals surface area contributed by atoms with Crippen LogP contribution in [0.2, 0.25) is 0 Å². The molecule has 16 heavy (non-hydrogen) atoms. The smallest absolute Gasteiger partial charge is 0.207 e. The summed E-state index contributed by atoms with van der Waals surface area (Å²) in [5.74, 6) is -0.339. The van der Waals surface area contributed by atoms with Gasteiger partial charge in [0.25, 0.3) is 0 Å². The predicted octanol–water partition coefficient (Wildman–Crippen LogP) is 2.17. The molecule has 0 bridgehead atoms. The summed E-state index contributed by atoms with van der Waals surface area (Å²) >= 11 is 1.33. The van der Waals surface area contributed by atoms with Crippen molar-refractivity contribution < 1.29 is 12.8 Å². The van der Waals surface area contributed by atoms with E-state index >= 15 is 0 Å². The molecule has 0 amide bonds. The van der Waals surface area contributed by atoms with Crippen molar-refractivity contribution in [1.29, 1.82) is 0 Å². The fourth-order valence-electron chi connectivity index (χ4n) is 1.97. The van der Waals surface area contributed by atoms with E-state index in [1.165, 1.54) is 28.8 Å². The van der Waals surface area contributed by atoms with Crippen LogP contribution < -0.4 is 0 Å². The standard InChI is InChI=1S/C10H8FNO2S2/c1-12-4-6-7(11)2-3-8-10(6)9(5-15-8)16(12,13)14/h2-3,5H,4H2,1H3. The van der Waals surface area contributed by atoms with E-state index < -0.39 is 10.0 Å². The van der Waals surface area contributed by atoms with Gasteiger partial charge in [-0.15, -0.1) is 11.3 Å². The molecule has 1 aromatic carbocycles. The van der Waals surface area contributed by atoms with E-state index in [1.807, 2.05) is 0 Å². The van der Waals surface area contributed by atoms with E-state index in [4.69, 9.17) is 0 Å². The molecule has 2 aromatic rings. The van der Waals surface area contributed by atoms with Crippen molar-refractivity contribution in [3.8, 4) is 0 Å². The Morgan fingerprint density at radius 3 is 2.94 bits per heavy atom. The van der Waals surface area contributed by atoms with Crippen molar-refractivity contribution in [2.45, 2.75) is 11.4 Å². The lowest BCUT2D eigenvalue weighted by Gasteiger charge is -2.23. The van der Waals surface area contributed by atoms with Crippen LogP contribution in [0.25, 0.3) is 10.1 Å². The maximum Gasteiger partial charge on any atom is 0.244 e. The van der Waals surface area contributed by atoms with Gasteiger partial charge in [0.05, 0.1) is 0 Å². The zero-order valence-corrected chi connectivity index (χ0v) is 10.0. The van der Waals surface area contributed by atoms with Gasteiger partial charge in [-0.3, -0.25) is 0 Å². The van der Waals surface area contributed by atoms with E-state index in [0.717, 1.165) is 4.70 Å². The lowest BCUT2D eigenvalue weighted by molar-refractivity contribution is 0.453. The van der Waals surface area contributed by atoms with Crippen LogP contribution in [0.5, 0.6) is 0 Å². The quantitative estimate of drug-likeness (QED) is 0.725. The Balaban J connectivity index is 2.54. The van der Waals surface area contributed by atoms with Crippen LogP contribution in [-0.4, -0.2) is 19.8 Å². The summed E-state index contributed by atoms with van der Waals surface area (Å²) in [7, 11) is -1.96. The van der Waals surface area contributed by atoms with Crippen LogP contribution in [0.15, 0.2) is 22.4 Å². The van der Waals surface area contributed by atoms with Crippen LogP contribution in [0.4, 0.5) is 4.39 Å². The number of hydrogen-bond donors (Lipinski definition) is 0. The number of hydrogen-bond acceptors (Lipinski definition) is 3. The summed E-state index contributed by atoms with van der Waals surface area (Å²) in [4.78, 5) is 0.232. The molecule has 1 aliphatic rings. The van der Waals surface area contributed by atoms with Crippen molar-refractivity contribution in [3.63, 3.8) is 0 Å². The van der Waals surface area contributed by atoms with Crippen LogP contribution >= 0.6 is 11.3 Å². The minimum Gasteiger partial charge on any atom is -0.207 e. The summed E-state index contributed by atoms with van der Waals surface area (Å²) < 4.78 is 39.6. The zero-order valence-electron chi connectivity index (χ0n) is 8.40. The van der Waals surface area contributed by atoms with Crippen LogP contribution in [0.1, 0.15) is 5.56 Å². The Hall–Kier alpha value is -0.980. The van der Waals surface area contributed by atoms with Crippen molar-refractivity contribution in [2.24, 2.45) is 0 Å². The molecule has 0 unspecified atom stereocenters. The van der Waals surface area contributed by atoms with Gasteiger partial charge in [0.15, 0.2) is 0 Å². The summed E-state index contributed by atoms with van der Waals surface area (Å²) in [5, 5.41) is 2.14. The highest BCUT2D eigenvalue weighted by atomic mass is 32.2. The molecule has 6 heteroatoms. The SMILES string of the molecule is CN1Cc2c(F)ccc3scc(c23)S1(=O)=O. The third-order valence-corrected chi connectivity index (χ3v) is 5.75. The minimum atomic E-state index is -3.42. The van der Waals surface area contributed by atoms with Gasteiger partial charge >= 0.3 is 0 Å². The molecule has 2 heterocycles. The molecule has 0 atom stereocenters. The third kappa shape index (κ3) is 1.12. The lowest BCUT2D eigenvalue weighted by atomic mass is 10.1. The van der Waals surface area contributed by atoms with Gasteiger partial charge < -0.3 is 0 Å². The highest BCUT2D eigenvalue weighted by Crippen LogP contribution is 2.39. The number of sulfonamides is 1. The summed E-state index contributed by atoms with van der Waals surface area (Å²) in [5.41, 5.74) is 0.478. The summed E-state index contributed by atoms with van der Waals surface area (Å²) in [6.07, 6.45) is 0. The number of nitrogens with zero attached hydrogens (tertiary/aromatic N) is 1. The van der Waals surface area contributed by atoms with Crippen LogP contribution in [-0.2, 0) is 16.6 Å². The fourth-order valence-corrected chi connectivity index (χ4v) is 4.64. The van der Waals surface area contributed by atoms with Gasteiger partial charge in [0, 0.05) is 34.6 Å². The zero-order chi connectivity index (χ0) is 11.5. The molecule has 84 valence electrons. The second kappa shape index (κ2) is 3.03. The van der Waals surface area contributed by atoms with Gasteiger partial charge in [-0.25, -0.2) is 12.8 Å². The molecule has 3 nitrogen and oxygen atoms in total. The van der Waals surface area contributed by atoms with E-state index in [-0.39, 0.29) is 17.3 Å². The van der Waals surface area contributed by atoms with Gasteiger partial charge in [0.2, 0.25) is 10.0 Å². The van der Waals surface area contributed by atoms with Crippen molar-refractivity contribution >= 4 is 31.4 Å². The maximum absolute atomic E-state index is 13.6. The van der Waals surface area contributed by atoms with E-state index in [1.54, 1.807) is 11.4 Å². The molecule has 3 rings (SSSR count). The molecule has 0 N–H and O–H groups in total. The Morgan fingerprint density at radius 1 is 1.44 bits per heavy atom. The molecule has 1 aromatic heterocycles. The van der Waals surface area contributed by atoms with Gasteiger partial charge in [0.1, 0.15) is 10.7 Å². The van der Waals surface area contributed by atoms with Crippen LogP contribution in [0, 0.1) is 5.82 Å². The Labute approximate surface area is 96.2 Å². The highest BCUT2D eigenvalue weighted by Gasteiger charge is 2.32. The van der Waals surface area contributed by atoms with E-state index in [0.29, 0.717) is 10.9 Å². The van der Waals surface area contributed by atoms with Crippen molar-refractivity contribution in [2.75, 3.05) is 7.05 Å². The highest BCUT2D eigenvalue weighted by molar-refractivity contribution is 7.89. The predicted molar refractivity (Wildman–Crippen MR) is 60.4 cm³/mol. The van der Waals surface area contributed by atoms with E-state index in [2.05, 4.69) is 0 Å². The first-order chi connectivity index (χ1) is 7.51. The number of thiophene rings is 1. The van der Waals surface area contributed by atoms with Crippen molar-refractivity contribution in [3.05, 3.63) is 28.9 Å². The molecule has 1 aliphatic heterocycles. The molecule has 0 spiro atoms. The maximum atomic E-state index is 13.6. The van der Waals surface area contributed by atoms with E-state index in [9.17, 15) is 12.8 Å². The minimum absolute atomic E-state index is 0.106. The van der Waals surface area contributed by atoms with Gasteiger partial charge in [-0.2, -0.15) is 4.31 Å². The number of halogens is 1.